The van der Waals surface area contributed by atoms with E-state index in [1.54, 1.807) is 20.8 Å². The number of nitrogens with one attached hydrogen (secondary N) is 1. The maximum absolute atomic E-state index is 12.0. The van der Waals surface area contributed by atoms with Crippen LogP contribution < -0.4 is 5.32 Å². The molecule has 22 heavy (non-hydrogen) atoms. The Kier molecular flexibility index (Phi) is 6.87. The smallest absolute Gasteiger partial charge is 0.408 e. The maximum atomic E-state index is 12.0. The molecule has 2 N–H and O–H groups in total. The summed E-state index contributed by atoms with van der Waals surface area (Å²) in [6, 6.07) is 0. The Balaban J connectivity index is 4.98. The summed E-state index contributed by atoms with van der Waals surface area (Å²) in [5.41, 5.74) is -1.65. The van der Waals surface area contributed by atoms with E-state index in [1.165, 1.54) is 6.08 Å². The number of hydrogen-bond acceptors (Lipinski definition) is 4. The molecule has 1 atom stereocenters. The molecule has 0 aromatic heterocycles. The highest BCUT2D eigenvalue weighted by molar-refractivity contribution is 6.74. The lowest BCUT2D eigenvalue weighted by atomic mass is 10.0. The first kappa shape index (κ1) is 21.1. The van der Waals surface area contributed by atoms with Gasteiger partial charge in [0, 0.05) is 0 Å². The molecule has 5 nitrogen and oxygen atoms in total. The molecule has 130 valence electrons. The van der Waals surface area contributed by atoms with Crippen molar-refractivity contribution in [2.24, 2.45) is 0 Å². The van der Waals surface area contributed by atoms with E-state index in [0.29, 0.717) is 0 Å². The first-order chi connectivity index (χ1) is 9.68. The predicted octanol–water partition coefficient (Wildman–Crippen LogP) is 3.45. The van der Waals surface area contributed by atoms with Gasteiger partial charge in [-0.05, 0) is 38.9 Å². The van der Waals surface area contributed by atoms with Crippen molar-refractivity contribution in [1.82, 2.24) is 5.32 Å². The monoisotopic (exact) mass is 331 g/mol. The van der Waals surface area contributed by atoms with Crippen LogP contribution in [-0.4, -0.2) is 43.9 Å². The van der Waals surface area contributed by atoms with Crippen LogP contribution in [0.1, 0.15) is 41.5 Å². The number of carbonyl (C=O) groups is 1. The van der Waals surface area contributed by atoms with Gasteiger partial charge >= 0.3 is 6.09 Å². The molecule has 0 aromatic carbocycles. The molecule has 1 unspecified atom stereocenters. The predicted molar refractivity (Wildman–Crippen MR) is 92.5 cm³/mol. The van der Waals surface area contributed by atoms with E-state index in [-0.39, 0.29) is 18.3 Å². The molecule has 1 amide bonds. The van der Waals surface area contributed by atoms with Crippen LogP contribution in [0.5, 0.6) is 0 Å². The van der Waals surface area contributed by atoms with Crippen LogP contribution in [0.15, 0.2) is 12.7 Å². The van der Waals surface area contributed by atoms with Gasteiger partial charge in [-0.15, -0.1) is 6.58 Å². The van der Waals surface area contributed by atoms with E-state index in [4.69, 9.17) is 9.16 Å². The van der Waals surface area contributed by atoms with Gasteiger partial charge in [-0.3, -0.25) is 0 Å². The lowest BCUT2D eigenvalue weighted by Crippen LogP contribution is -2.56. The van der Waals surface area contributed by atoms with Crippen molar-refractivity contribution in [3.63, 3.8) is 0 Å². The third kappa shape index (κ3) is 6.50. The van der Waals surface area contributed by atoms with Crippen molar-refractivity contribution in [3.05, 3.63) is 12.7 Å². The topological polar surface area (TPSA) is 67.8 Å². The molecular formula is C16H33NO4Si. The SMILES string of the molecule is C=CC(CO)(CO[Si](C)(C)C(C)(C)C)NC(=O)OC(C)(C)C. The van der Waals surface area contributed by atoms with Crippen LogP contribution in [-0.2, 0) is 9.16 Å². The van der Waals surface area contributed by atoms with Gasteiger partial charge in [0.1, 0.15) is 11.1 Å². The van der Waals surface area contributed by atoms with Gasteiger partial charge in [0.15, 0.2) is 8.32 Å². The molecule has 6 heteroatoms. The fourth-order valence-electron chi connectivity index (χ4n) is 1.33. The summed E-state index contributed by atoms with van der Waals surface area (Å²) >= 11 is 0. The molecule has 0 aliphatic carbocycles. The van der Waals surface area contributed by atoms with E-state index in [0.717, 1.165) is 0 Å². The van der Waals surface area contributed by atoms with Gasteiger partial charge in [0.05, 0.1) is 13.2 Å². The molecule has 0 aliphatic rings. The molecule has 0 saturated carbocycles. The van der Waals surface area contributed by atoms with Crippen molar-refractivity contribution in [3.8, 4) is 0 Å². The molecular weight excluding hydrogens is 298 g/mol. The third-order valence-corrected chi connectivity index (χ3v) is 8.40. The fraction of sp³-hybridized carbons (Fsp3) is 0.812. The molecule has 0 fully saturated rings. The largest absolute Gasteiger partial charge is 0.444 e. The molecule has 0 heterocycles. The maximum Gasteiger partial charge on any atom is 0.408 e. The van der Waals surface area contributed by atoms with Crippen molar-refractivity contribution in [1.29, 1.82) is 0 Å². The number of amides is 1. The minimum absolute atomic E-state index is 0.0429. The normalized spacial score (nSPS) is 15.9. The van der Waals surface area contributed by atoms with E-state index >= 15 is 0 Å². The Morgan fingerprint density at radius 1 is 1.23 bits per heavy atom. The minimum atomic E-state index is -2.00. The number of alkyl carbamates (subject to hydrolysis) is 1. The summed E-state index contributed by atoms with van der Waals surface area (Å²) in [6.07, 6.45) is 0.907. The van der Waals surface area contributed by atoms with Crippen molar-refractivity contribution in [2.75, 3.05) is 13.2 Å². The Morgan fingerprint density at radius 2 is 1.73 bits per heavy atom. The average Bonchev–Trinajstić information content (AvgIpc) is 2.31. The van der Waals surface area contributed by atoms with E-state index in [1.807, 2.05) is 0 Å². The van der Waals surface area contributed by atoms with E-state index < -0.39 is 25.6 Å². The van der Waals surface area contributed by atoms with Gasteiger partial charge < -0.3 is 19.6 Å². The second kappa shape index (κ2) is 7.15. The highest BCUT2D eigenvalue weighted by Gasteiger charge is 2.40. The van der Waals surface area contributed by atoms with E-state index in [9.17, 15) is 9.90 Å². The number of ether oxygens (including phenoxy) is 1. The molecule has 0 radical (unpaired) electrons. The van der Waals surface area contributed by atoms with Crippen molar-refractivity contribution in [2.45, 2.75) is 70.8 Å². The second-order valence-corrected chi connectivity index (χ2v) is 13.0. The zero-order chi connectivity index (χ0) is 17.8. The molecule has 0 aromatic rings. The molecule has 0 spiro atoms. The van der Waals surface area contributed by atoms with Crippen LogP contribution in [0, 0.1) is 0 Å². The van der Waals surface area contributed by atoms with Gasteiger partial charge in [-0.1, -0.05) is 26.8 Å². The van der Waals surface area contributed by atoms with Crippen LogP contribution >= 0.6 is 0 Å². The van der Waals surface area contributed by atoms with Gasteiger partial charge in [0.25, 0.3) is 0 Å². The summed E-state index contributed by atoms with van der Waals surface area (Å²) in [5, 5.41) is 12.4. The third-order valence-electron chi connectivity index (χ3n) is 3.92. The Hall–Kier alpha value is -0.853. The van der Waals surface area contributed by atoms with E-state index in [2.05, 4.69) is 45.8 Å². The Bertz CT molecular complexity index is 396. The zero-order valence-corrected chi connectivity index (χ0v) is 16.4. The summed E-state index contributed by atoms with van der Waals surface area (Å²) in [5.74, 6) is 0. The van der Waals surface area contributed by atoms with Gasteiger partial charge in [-0.25, -0.2) is 4.79 Å². The lowest BCUT2D eigenvalue weighted by Gasteiger charge is -2.40. The summed E-state index contributed by atoms with van der Waals surface area (Å²) < 4.78 is 11.4. The van der Waals surface area contributed by atoms with Crippen LogP contribution in [0.25, 0.3) is 0 Å². The summed E-state index contributed by atoms with van der Waals surface area (Å²) in [6.45, 7) is 19.6. The molecule has 0 saturated heterocycles. The van der Waals surface area contributed by atoms with Gasteiger partial charge in [0.2, 0.25) is 0 Å². The van der Waals surface area contributed by atoms with Crippen molar-refractivity contribution < 1.29 is 19.1 Å². The highest BCUT2D eigenvalue weighted by atomic mass is 28.4. The Morgan fingerprint density at radius 3 is 2.05 bits per heavy atom. The number of rotatable bonds is 6. The first-order valence-corrected chi connectivity index (χ1v) is 10.5. The average molecular weight is 332 g/mol. The fourth-order valence-corrected chi connectivity index (χ4v) is 2.38. The highest BCUT2D eigenvalue weighted by Crippen LogP contribution is 2.37. The second-order valence-electron chi connectivity index (χ2n) is 8.19. The van der Waals surface area contributed by atoms with Gasteiger partial charge in [-0.2, -0.15) is 0 Å². The number of carbonyl (C=O) groups excluding carboxylic acids is 1. The standard InChI is InChI=1S/C16H33NO4Si/c1-10-16(11-18,17-13(19)21-14(2,3)4)12-20-22(8,9)15(5,6)7/h10,18H,1,11-12H2,2-9H3,(H,17,19). The van der Waals surface area contributed by atoms with Crippen LogP contribution in [0.2, 0.25) is 18.1 Å². The minimum Gasteiger partial charge on any atom is -0.444 e. The van der Waals surface area contributed by atoms with Crippen LogP contribution in [0.4, 0.5) is 4.79 Å². The molecule has 0 bridgehead atoms. The number of aliphatic hydroxyl groups excluding tert-OH is 1. The molecule has 0 rings (SSSR count). The summed E-state index contributed by atoms with van der Waals surface area (Å²) in [4.78, 5) is 12.0. The quantitative estimate of drug-likeness (QED) is 0.578. The molecule has 0 aliphatic heterocycles. The zero-order valence-electron chi connectivity index (χ0n) is 15.4. The lowest BCUT2D eigenvalue weighted by molar-refractivity contribution is 0.0383. The number of hydrogen-bond donors (Lipinski definition) is 2. The van der Waals surface area contributed by atoms with Crippen LogP contribution in [0.3, 0.4) is 0 Å². The van der Waals surface area contributed by atoms with Crippen molar-refractivity contribution >= 4 is 14.4 Å². The summed E-state index contributed by atoms with van der Waals surface area (Å²) in [7, 11) is -2.00. The Labute approximate surface area is 136 Å². The number of aliphatic hydroxyl groups is 1. The first-order valence-electron chi connectivity index (χ1n) is 7.58.